The van der Waals surface area contributed by atoms with E-state index in [1.807, 2.05) is 29.8 Å². The Kier molecular flexibility index (Phi) is 9.31. The molecule has 0 bridgehead atoms. The highest BCUT2D eigenvalue weighted by Gasteiger charge is 2.05. The molecule has 0 fully saturated rings. The molecule has 0 saturated heterocycles. The number of aromatic nitrogens is 3. The number of pyridine rings is 1. The maximum Gasteiger partial charge on any atom is 0.191 e. The minimum absolute atomic E-state index is 0. The number of hydrogen-bond acceptors (Lipinski definition) is 4. The van der Waals surface area contributed by atoms with Crippen LogP contribution in [0.25, 0.3) is 5.82 Å². The lowest BCUT2D eigenvalue weighted by Gasteiger charge is -2.17. The van der Waals surface area contributed by atoms with Gasteiger partial charge in [0.25, 0.3) is 0 Å². The predicted octanol–water partition coefficient (Wildman–Crippen LogP) is 1.98. The molecule has 2 N–H and O–H groups in total. The quantitative estimate of drug-likeness (QED) is 0.388. The van der Waals surface area contributed by atoms with Crippen LogP contribution >= 0.6 is 24.0 Å². The molecule has 0 saturated carbocycles. The zero-order valence-electron chi connectivity index (χ0n) is 14.3. The van der Waals surface area contributed by atoms with Crippen LogP contribution in [0, 0.1) is 0 Å². The summed E-state index contributed by atoms with van der Waals surface area (Å²) in [4.78, 5) is 13.0. The van der Waals surface area contributed by atoms with Gasteiger partial charge >= 0.3 is 0 Å². The number of hydrogen-bond donors (Lipinski definition) is 2. The number of imidazole rings is 1. The molecule has 1 unspecified atom stereocenters. The van der Waals surface area contributed by atoms with Crippen molar-refractivity contribution in [2.45, 2.75) is 26.4 Å². The van der Waals surface area contributed by atoms with E-state index in [1.54, 1.807) is 25.8 Å². The molecule has 7 nitrogen and oxygen atoms in total. The van der Waals surface area contributed by atoms with Gasteiger partial charge < -0.3 is 15.4 Å². The van der Waals surface area contributed by atoms with Crippen molar-refractivity contribution in [3.05, 3.63) is 42.6 Å². The molecule has 0 spiro atoms. The smallest absolute Gasteiger partial charge is 0.191 e. The fourth-order valence-electron chi connectivity index (χ4n) is 2.11. The Balaban J connectivity index is 0.00000288. The zero-order valence-corrected chi connectivity index (χ0v) is 16.6. The first-order valence-electron chi connectivity index (χ1n) is 7.70. The molecular weight excluding hydrogens is 419 g/mol. The molecule has 132 valence electrons. The summed E-state index contributed by atoms with van der Waals surface area (Å²) in [5.41, 5.74) is 1.08. The number of methoxy groups -OCH3 is 1. The molecule has 2 rings (SSSR count). The Morgan fingerprint density at radius 2 is 2.25 bits per heavy atom. The number of nitrogens with zero attached hydrogens (tertiary/aromatic N) is 4. The molecule has 0 aromatic carbocycles. The topological polar surface area (TPSA) is 76.4 Å². The van der Waals surface area contributed by atoms with Gasteiger partial charge in [0.1, 0.15) is 12.1 Å². The number of guanidine groups is 1. The number of aliphatic imine (C=N–C) groups is 1. The van der Waals surface area contributed by atoms with E-state index >= 15 is 0 Å². The van der Waals surface area contributed by atoms with Crippen LogP contribution in [0.5, 0.6) is 0 Å². The lowest BCUT2D eigenvalue weighted by molar-refractivity contribution is 0.179. The molecule has 2 aromatic rings. The third-order valence-corrected chi connectivity index (χ3v) is 3.14. The van der Waals surface area contributed by atoms with Gasteiger partial charge in [0.05, 0.1) is 13.2 Å². The minimum atomic E-state index is 0. The van der Waals surface area contributed by atoms with Crippen LogP contribution in [-0.4, -0.2) is 46.8 Å². The van der Waals surface area contributed by atoms with Crippen LogP contribution in [0.4, 0.5) is 0 Å². The van der Waals surface area contributed by atoms with Crippen molar-refractivity contribution in [3.8, 4) is 5.82 Å². The summed E-state index contributed by atoms with van der Waals surface area (Å²) in [6.07, 6.45) is 7.12. The van der Waals surface area contributed by atoms with Crippen molar-refractivity contribution in [2.24, 2.45) is 4.99 Å². The first-order chi connectivity index (χ1) is 11.2. The second-order valence-corrected chi connectivity index (χ2v) is 5.19. The van der Waals surface area contributed by atoms with E-state index in [-0.39, 0.29) is 30.0 Å². The number of halogens is 1. The molecule has 0 aliphatic heterocycles. The van der Waals surface area contributed by atoms with E-state index in [9.17, 15) is 0 Å². The van der Waals surface area contributed by atoms with Crippen molar-refractivity contribution in [3.63, 3.8) is 0 Å². The fraction of sp³-hybridized carbons (Fsp3) is 0.438. The van der Waals surface area contributed by atoms with Crippen LogP contribution in [-0.2, 0) is 11.3 Å². The van der Waals surface area contributed by atoms with E-state index < -0.39 is 0 Å². The fourth-order valence-corrected chi connectivity index (χ4v) is 2.11. The molecule has 2 aromatic heterocycles. The summed E-state index contributed by atoms with van der Waals surface area (Å²) in [5.74, 6) is 1.61. The second-order valence-electron chi connectivity index (χ2n) is 5.19. The third kappa shape index (κ3) is 6.44. The lowest BCUT2D eigenvalue weighted by atomic mass is 10.2. The van der Waals surface area contributed by atoms with Crippen LogP contribution in [0.1, 0.15) is 19.4 Å². The Hall–Kier alpha value is -1.68. The Bertz CT molecular complexity index is 617. The van der Waals surface area contributed by atoms with Crippen LogP contribution < -0.4 is 10.6 Å². The lowest BCUT2D eigenvalue weighted by Crippen LogP contribution is -2.43. The van der Waals surface area contributed by atoms with E-state index in [1.165, 1.54) is 0 Å². The van der Waals surface area contributed by atoms with Gasteiger partial charge in [-0.1, -0.05) is 0 Å². The first-order valence-corrected chi connectivity index (χ1v) is 7.70. The molecular formula is C16H25IN6O. The summed E-state index contributed by atoms with van der Waals surface area (Å²) < 4.78 is 7.01. The summed E-state index contributed by atoms with van der Waals surface area (Å²) in [5, 5.41) is 6.55. The Labute approximate surface area is 160 Å². The van der Waals surface area contributed by atoms with Crippen molar-refractivity contribution < 1.29 is 4.74 Å². The monoisotopic (exact) mass is 444 g/mol. The van der Waals surface area contributed by atoms with Gasteiger partial charge in [-0.25, -0.2) is 15.0 Å². The summed E-state index contributed by atoms with van der Waals surface area (Å²) in [6, 6.07) is 4.16. The second kappa shape index (κ2) is 11.0. The SMILES string of the molecule is CCNC(=NCc1ccnc(-n2ccnc2)c1)NC(C)COC.I. The number of rotatable bonds is 7. The third-order valence-electron chi connectivity index (χ3n) is 3.14. The molecule has 8 heteroatoms. The zero-order chi connectivity index (χ0) is 16.5. The Morgan fingerprint density at radius 1 is 1.42 bits per heavy atom. The van der Waals surface area contributed by atoms with E-state index in [2.05, 4.69) is 32.5 Å². The molecule has 2 heterocycles. The van der Waals surface area contributed by atoms with Gasteiger partial charge in [-0.05, 0) is 31.5 Å². The summed E-state index contributed by atoms with van der Waals surface area (Å²) in [6.45, 7) is 6.10. The summed E-state index contributed by atoms with van der Waals surface area (Å²) >= 11 is 0. The number of nitrogens with one attached hydrogen (secondary N) is 2. The van der Waals surface area contributed by atoms with Crippen LogP contribution in [0.3, 0.4) is 0 Å². The van der Waals surface area contributed by atoms with E-state index in [4.69, 9.17) is 4.74 Å². The first kappa shape index (κ1) is 20.4. The molecule has 0 amide bonds. The highest BCUT2D eigenvalue weighted by molar-refractivity contribution is 14.0. The van der Waals surface area contributed by atoms with Gasteiger partial charge in [0, 0.05) is 38.3 Å². The molecule has 0 aliphatic rings. The summed E-state index contributed by atoms with van der Waals surface area (Å²) in [7, 11) is 1.69. The standard InChI is InChI=1S/C16H24N6O.HI/c1-4-18-16(21-13(2)11-23-3)20-10-14-5-6-19-15(9-14)22-8-7-17-12-22;/h5-9,12-13H,4,10-11H2,1-3H3,(H2,18,20,21);1H. The average molecular weight is 444 g/mol. The van der Waals surface area contributed by atoms with Gasteiger partial charge in [-0.2, -0.15) is 0 Å². The maximum absolute atomic E-state index is 5.14. The van der Waals surface area contributed by atoms with Gasteiger partial charge in [0.2, 0.25) is 0 Å². The molecule has 24 heavy (non-hydrogen) atoms. The van der Waals surface area contributed by atoms with E-state index in [0.717, 1.165) is 23.9 Å². The minimum Gasteiger partial charge on any atom is -0.383 e. The van der Waals surface area contributed by atoms with Crippen LogP contribution in [0.2, 0.25) is 0 Å². The van der Waals surface area contributed by atoms with Crippen molar-refractivity contribution in [2.75, 3.05) is 20.3 Å². The van der Waals surface area contributed by atoms with Crippen molar-refractivity contribution in [1.82, 2.24) is 25.2 Å². The van der Waals surface area contributed by atoms with E-state index in [0.29, 0.717) is 13.2 Å². The van der Waals surface area contributed by atoms with Gasteiger partial charge in [-0.3, -0.25) is 4.57 Å². The Morgan fingerprint density at radius 3 is 2.92 bits per heavy atom. The molecule has 0 radical (unpaired) electrons. The largest absolute Gasteiger partial charge is 0.383 e. The van der Waals surface area contributed by atoms with Crippen molar-refractivity contribution in [1.29, 1.82) is 0 Å². The maximum atomic E-state index is 5.14. The van der Waals surface area contributed by atoms with Gasteiger partial charge in [0.15, 0.2) is 5.96 Å². The predicted molar refractivity (Wildman–Crippen MR) is 106 cm³/mol. The molecule has 0 aliphatic carbocycles. The molecule has 1 atom stereocenters. The van der Waals surface area contributed by atoms with Crippen LogP contribution in [0.15, 0.2) is 42.0 Å². The average Bonchev–Trinajstić information content (AvgIpc) is 3.08. The number of ether oxygens (including phenoxy) is 1. The highest BCUT2D eigenvalue weighted by Crippen LogP contribution is 2.08. The normalized spacial score (nSPS) is 12.4. The van der Waals surface area contributed by atoms with Gasteiger partial charge in [-0.15, -0.1) is 24.0 Å². The van der Waals surface area contributed by atoms with Crippen molar-refractivity contribution >= 4 is 29.9 Å². The highest BCUT2D eigenvalue weighted by atomic mass is 127.